The van der Waals surface area contributed by atoms with Gasteiger partial charge in [0.15, 0.2) is 8.32 Å². The molecule has 0 amide bonds. The molecule has 1 N–H and O–H groups in total. The van der Waals surface area contributed by atoms with Crippen LogP contribution in [0.3, 0.4) is 0 Å². The predicted molar refractivity (Wildman–Crippen MR) is 91.9 cm³/mol. The highest BCUT2D eigenvalue weighted by Gasteiger charge is 2.38. The van der Waals surface area contributed by atoms with Crippen molar-refractivity contribution in [1.82, 2.24) is 4.98 Å². The first-order valence-electron chi connectivity index (χ1n) is 6.47. The number of aromatic nitrogens is 1. The fourth-order valence-electron chi connectivity index (χ4n) is 2.03. The number of halogens is 1. The highest BCUT2D eigenvalue weighted by molar-refractivity contribution is 14.1. The Kier molecular flexibility index (Phi) is 4.04. The summed E-state index contributed by atoms with van der Waals surface area (Å²) in [6.07, 6.45) is 2.71. The molecular weight excluding hydrogens is 365 g/mol. The van der Waals surface area contributed by atoms with Gasteiger partial charge >= 0.3 is 0 Å². The van der Waals surface area contributed by atoms with Gasteiger partial charge in [0.25, 0.3) is 0 Å². The second-order valence-electron chi connectivity index (χ2n) is 6.23. The second kappa shape index (κ2) is 5.14. The molecule has 1 aromatic carbocycles. The number of pyridine rings is 1. The molecule has 4 heteroatoms. The minimum absolute atomic E-state index is 0.0652. The second-order valence-corrected chi connectivity index (χ2v) is 11.9. The highest BCUT2D eigenvalue weighted by Crippen LogP contribution is 2.40. The average Bonchev–Trinajstić information content (AvgIpc) is 2.32. The Morgan fingerprint density at radius 1 is 1.26 bits per heavy atom. The van der Waals surface area contributed by atoms with Crippen LogP contribution in [0.15, 0.2) is 30.5 Å². The molecule has 102 valence electrons. The quantitative estimate of drug-likeness (QED) is 0.629. The third-order valence-electron chi connectivity index (χ3n) is 4.09. The lowest BCUT2D eigenvalue weighted by molar-refractivity contribution is 0.468. The van der Waals surface area contributed by atoms with Crippen molar-refractivity contribution in [3.8, 4) is 0 Å². The SMILES string of the molecule is CC(C)(Cc1ccc(I)c2cccnc12)[Si](C)(C)O. The van der Waals surface area contributed by atoms with Gasteiger partial charge in [-0.3, -0.25) is 4.98 Å². The predicted octanol–water partition coefficient (Wildman–Crippen LogP) is 4.36. The molecule has 0 spiro atoms. The van der Waals surface area contributed by atoms with Crippen molar-refractivity contribution in [3.63, 3.8) is 0 Å². The normalized spacial score (nSPS) is 12.9. The summed E-state index contributed by atoms with van der Waals surface area (Å²) in [6.45, 7) is 8.34. The van der Waals surface area contributed by atoms with Crippen LogP contribution in [0.4, 0.5) is 0 Å². The topological polar surface area (TPSA) is 33.1 Å². The monoisotopic (exact) mass is 385 g/mol. The van der Waals surface area contributed by atoms with Gasteiger partial charge in [0.2, 0.25) is 0 Å². The highest BCUT2D eigenvalue weighted by atomic mass is 127. The van der Waals surface area contributed by atoms with Crippen LogP contribution in [0.25, 0.3) is 10.9 Å². The van der Waals surface area contributed by atoms with Crippen LogP contribution in [0, 0.1) is 3.57 Å². The molecule has 0 radical (unpaired) electrons. The summed E-state index contributed by atoms with van der Waals surface area (Å²) < 4.78 is 1.22. The Morgan fingerprint density at radius 2 is 1.95 bits per heavy atom. The van der Waals surface area contributed by atoms with Crippen molar-refractivity contribution in [2.75, 3.05) is 0 Å². The van der Waals surface area contributed by atoms with Gasteiger partial charge < -0.3 is 4.80 Å². The molecule has 1 aromatic heterocycles. The molecule has 2 aromatic rings. The zero-order chi connectivity index (χ0) is 14.3. The Balaban J connectivity index is 2.51. The average molecular weight is 385 g/mol. The van der Waals surface area contributed by atoms with Crippen LogP contribution in [0.5, 0.6) is 0 Å². The smallest absolute Gasteiger partial charge is 0.188 e. The standard InChI is InChI=1S/C15H20INOSi/c1-15(2,19(3,4)18)10-11-7-8-13(16)12-6-5-9-17-14(11)12/h5-9,18H,10H2,1-4H3. The molecule has 0 bridgehead atoms. The van der Waals surface area contributed by atoms with Crippen molar-refractivity contribution >= 4 is 41.8 Å². The molecule has 0 aliphatic rings. The van der Waals surface area contributed by atoms with Crippen LogP contribution in [-0.4, -0.2) is 18.1 Å². The van der Waals surface area contributed by atoms with Gasteiger partial charge in [-0.05, 0) is 64.8 Å². The van der Waals surface area contributed by atoms with Crippen molar-refractivity contribution < 1.29 is 4.80 Å². The summed E-state index contributed by atoms with van der Waals surface area (Å²) in [5, 5.41) is 1.14. The van der Waals surface area contributed by atoms with E-state index < -0.39 is 8.32 Å². The van der Waals surface area contributed by atoms with E-state index in [0.717, 1.165) is 11.9 Å². The van der Waals surface area contributed by atoms with Crippen molar-refractivity contribution in [1.29, 1.82) is 0 Å². The molecule has 0 atom stereocenters. The van der Waals surface area contributed by atoms with Crippen LogP contribution in [0.1, 0.15) is 19.4 Å². The number of benzene rings is 1. The van der Waals surface area contributed by atoms with Crippen LogP contribution < -0.4 is 0 Å². The van der Waals surface area contributed by atoms with Gasteiger partial charge in [0.1, 0.15) is 0 Å². The van der Waals surface area contributed by atoms with Crippen LogP contribution >= 0.6 is 22.6 Å². The van der Waals surface area contributed by atoms with Crippen molar-refractivity contribution in [2.24, 2.45) is 0 Å². The van der Waals surface area contributed by atoms with Crippen molar-refractivity contribution in [3.05, 3.63) is 39.6 Å². The molecule has 1 heterocycles. The minimum atomic E-state index is -2.20. The molecule has 19 heavy (non-hydrogen) atoms. The maximum Gasteiger partial charge on any atom is 0.188 e. The van der Waals surface area contributed by atoms with E-state index in [1.807, 2.05) is 25.4 Å². The van der Waals surface area contributed by atoms with Gasteiger partial charge in [-0.25, -0.2) is 0 Å². The van der Waals surface area contributed by atoms with E-state index in [1.54, 1.807) is 0 Å². The lowest BCUT2D eigenvalue weighted by atomic mass is 9.99. The zero-order valence-corrected chi connectivity index (χ0v) is 15.0. The minimum Gasteiger partial charge on any atom is -0.432 e. The van der Waals surface area contributed by atoms with Gasteiger partial charge in [0, 0.05) is 15.2 Å². The van der Waals surface area contributed by atoms with E-state index in [2.05, 4.69) is 59.6 Å². The first kappa shape index (κ1) is 14.9. The van der Waals surface area contributed by atoms with Gasteiger partial charge in [-0.1, -0.05) is 26.0 Å². The summed E-state index contributed by atoms with van der Waals surface area (Å²) >= 11 is 2.35. The number of rotatable bonds is 3. The maximum absolute atomic E-state index is 10.5. The summed E-state index contributed by atoms with van der Waals surface area (Å²) in [5.74, 6) is 0. The molecule has 2 nitrogen and oxygen atoms in total. The number of nitrogens with zero attached hydrogens (tertiary/aromatic N) is 1. The molecule has 0 fully saturated rings. The van der Waals surface area contributed by atoms with Crippen LogP contribution in [0.2, 0.25) is 18.1 Å². The summed E-state index contributed by atoms with van der Waals surface area (Å²) in [7, 11) is -2.20. The molecule has 0 saturated carbocycles. The molecule has 0 unspecified atom stereocenters. The summed E-state index contributed by atoms with van der Waals surface area (Å²) in [4.78, 5) is 15.0. The molecule has 0 saturated heterocycles. The number of hydrogen-bond donors (Lipinski definition) is 1. The third-order valence-corrected chi connectivity index (χ3v) is 8.52. The maximum atomic E-state index is 10.5. The first-order valence-corrected chi connectivity index (χ1v) is 10.5. The summed E-state index contributed by atoms with van der Waals surface area (Å²) in [5.41, 5.74) is 2.30. The van der Waals surface area contributed by atoms with E-state index in [1.165, 1.54) is 14.5 Å². The Morgan fingerprint density at radius 3 is 2.58 bits per heavy atom. The van der Waals surface area contributed by atoms with Gasteiger partial charge in [-0.2, -0.15) is 0 Å². The molecule has 2 rings (SSSR count). The molecular formula is C15H20INOSi. The van der Waals surface area contributed by atoms with Crippen molar-refractivity contribution in [2.45, 2.75) is 38.4 Å². The Bertz CT molecular complexity index is 605. The zero-order valence-electron chi connectivity index (χ0n) is 11.9. The fraction of sp³-hybridized carbons (Fsp3) is 0.400. The van der Waals surface area contributed by atoms with Gasteiger partial charge in [-0.15, -0.1) is 0 Å². The van der Waals surface area contributed by atoms with E-state index in [4.69, 9.17) is 0 Å². The van der Waals surface area contributed by atoms with E-state index >= 15 is 0 Å². The Labute approximate surface area is 129 Å². The first-order chi connectivity index (χ1) is 8.72. The van der Waals surface area contributed by atoms with E-state index in [9.17, 15) is 4.80 Å². The fourth-order valence-corrected chi connectivity index (χ4v) is 3.27. The van der Waals surface area contributed by atoms with E-state index in [-0.39, 0.29) is 5.04 Å². The van der Waals surface area contributed by atoms with Crippen LogP contribution in [-0.2, 0) is 6.42 Å². The lowest BCUT2D eigenvalue weighted by Gasteiger charge is -2.35. The third kappa shape index (κ3) is 3.00. The number of hydrogen-bond acceptors (Lipinski definition) is 2. The van der Waals surface area contributed by atoms with Gasteiger partial charge in [0.05, 0.1) is 5.52 Å². The van der Waals surface area contributed by atoms with E-state index in [0.29, 0.717) is 0 Å². The largest absolute Gasteiger partial charge is 0.432 e. The lowest BCUT2D eigenvalue weighted by Crippen LogP contribution is -2.40. The molecule has 0 aliphatic heterocycles. The summed E-state index contributed by atoms with van der Waals surface area (Å²) in [6, 6.07) is 8.38. The Hall–Kier alpha value is -0.463. The number of fused-ring (bicyclic) bond motifs is 1. The molecule has 0 aliphatic carbocycles.